The zero-order chi connectivity index (χ0) is 15.0. The highest BCUT2D eigenvalue weighted by molar-refractivity contribution is 7.11. The van der Waals surface area contributed by atoms with E-state index in [1.807, 2.05) is 6.07 Å². The zero-order valence-electron chi connectivity index (χ0n) is 12.0. The Morgan fingerprint density at radius 3 is 2.76 bits per heavy atom. The summed E-state index contributed by atoms with van der Waals surface area (Å²) >= 11 is 1.71. The molecule has 0 aromatic carbocycles. The van der Waals surface area contributed by atoms with Gasteiger partial charge in [-0.3, -0.25) is 4.79 Å². The fourth-order valence-corrected chi connectivity index (χ4v) is 4.43. The lowest BCUT2D eigenvalue weighted by Crippen LogP contribution is -2.43. The maximum Gasteiger partial charge on any atom is 0.318 e. The molecule has 2 N–H and O–H groups in total. The predicted octanol–water partition coefficient (Wildman–Crippen LogP) is 2.46. The van der Waals surface area contributed by atoms with Crippen LogP contribution in [0.3, 0.4) is 0 Å². The Morgan fingerprint density at radius 1 is 1.38 bits per heavy atom. The first-order valence-corrected chi connectivity index (χ1v) is 8.28. The summed E-state index contributed by atoms with van der Waals surface area (Å²) in [6.45, 7) is 2.64. The molecule has 2 saturated heterocycles. The Kier molecular flexibility index (Phi) is 3.89. The third-order valence-corrected chi connectivity index (χ3v) is 5.80. The quantitative estimate of drug-likeness (QED) is 0.897. The van der Waals surface area contributed by atoms with Gasteiger partial charge in [0, 0.05) is 21.8 Å². The van der Waals surface area contributed by atoms with Crippen LogP contribution in [-0.2, 0) is 17.8 Å². The number of carbonyl (C=O) groups is 2. The van der Waals surface area contributed by atoms with Gasteiger partial charge in [-0.25, -0.2) is 4.79 Å². The van der Waals surface area contributed by atoms with Gasteiger partial charge in [0.15, 0.2) is 0 Å². The summed E-state index contributed by atoms with van der Waals surface area (Å²) in [5, 5.41) is 12.2. The van der Waals surface area contributed by atoms with Crippen LogP contribution in [0.15, 0.2) is 12.1 Å². The Hall–Kier alpha value is -1.56. The minimum Gasteiger partial charge on any atom is -0.481 e. The molecule has 21 heavy (non-hydrogen) atoms. The molecule has 114 valence electrons. The van der Waals surface area contributed by atoms with Crippen LogP contribution in [-0.4, -0.2) is 34.1 Å². The molecule has 6 heteroatoms. The third-order valence-electron chi connectivity index (χ3n) is 4.57. The van der Waals surface area contributed by atoms with Gasteiger partial charge in [-0.15, -0.1) is 11.3 Å². The van der Waals surface area contributed by atoms with Gasteiger partial charge < -0.3 is 15.3 Å². The summed E-state index contributed by atoms with van der Waals surface area (Å²) in [4.78, 5) is 27.8. The average molecular weight is 308 g/mol. The second-order valence-corrected chi connectivity index (χ2v) is 7.02. The number of fused-ring (bicyclic) bond motifs is 2. The van der Waals surface area contributed by atoms with Gasteiger partial charge in [-0.1, -0.05) is 6.92 Å². The van der Waals surface area contributed by atoms with Crippen molar-refractivity contribution in [2.75, 3.05) is 0 Å². The van der Waals surface area contributed by atoms with Crippen LogP contribution >= 0.6 is 11.3 Å². The molecule has 0 saturated carbocycles. The maximum absolute atomic E-state index is 12.4. The fourth-order valence-electron chi connectivity index (χ4n) is 3.53. The van der Waals surface area contributed by atoms with Gasteiger partial charge in [0.1, 0.15) is 0 Å². The standard InChI is InChI=1S/C15H20N2O3S/c1-2-10-4-5-11(21-10)8-16-15(20)17-9-3-6-13(17)12(7-9)14(18)19/h4-5,9,12-13H,2-3,6-8H2,1H3,(H,16,20)(H,18,19). The van der Waals surface area contributed by atoms with Gasteiger partial charge in [-0.05, 0) is 37.8 Å². The molecule has 0 radical (unpaired) electrons. The van der Waals surface area contributed by atoms with Crippen molar-refractivity contribution in [3.05, 3.63) is 21.9 Å². The lowest BCUT2D eigenvalue weighted by atomic mass is 9.89. The molecule has 3 unspecified atom stereocenters. The molecular formula is C15H20N2O3S. The normalized spacial score (nSPS) is 27.1. The van der Waals surface area contributed by atoms with E-state index in [1.165, 1.54) is 4.88 Å². The molecule has 3 rings (SSSR count). The number of nitrogens with one attached hydrogen (secondary N) is 1. The Balaban J connectivity index is 1.60. The molecule has 2 aliphatic heterocycles. The monoisotopic (exact) mass is 308 g/mol. The fraction of sp³-hybridized carbons (Fsp3) is 0.600. The van der Waals surface area contributed by atoms with Crippen LogP contribution in [0.2, 0.25) is 0 Å². The van der Waals surface area contributed by atoms with Gasteiger partial charge in [0.05, 0.1) is 12.5 Å². The van der Waals surface area contributed by atoms with E-state index >= 15 is 0 Å². The number of hydrogen-bond acceptors (Lipinski definition) is 3. The van der Waals surface area contributed by atoms with Crippen LogP contribution in [0.4, 0.5) is 4.79 Å². The highest BCUT2D eigenvalue weighted by Gasteiger charge is 2.51. The van der Waals surface area contributed by atoms with Crippen LogP contribution in [0.25, 0.3) is 0 Å². The topological polar surface area (TPSA) is 69.6 Å². The number of amides is 2. The lowest BCUT2D eigenvalue weighted by Gasteiger charge is -2.23. The van der Waals surface area contributed by atoms with Gasteiger partial charge in [0.25, 0.3) is 0 Å². The summed E-state index contributed by atoms with van der Waals surface area (Å²) in [5.41, 5.74) is 0. The molecule has 1 aromatic heterocycles. The first kappa shape index (κ1) is 14.4. The van der Waals surface area contributed by atoms with Crippen molar-refractivity contribution in [1.82, 2.24) is 10.2 Å². The Morgan fingerprint density at radius 2 is 2.14 bits per heavy atom. The number of hydrogen-bond donors (Lipinski definition) is 2. The van der Waals surface area contributed by atoms with Crippen LogP contribution in [0.1, 0.15) is 35.9 Å². The molecule has 0 aliphatic carbocycles. The minimum atomic E-state index is -0.772. The number of aryl methyl sites for hydroxylation is 1. The van der Waals surface area contributed by atoms with E-state index in [0.29, 0.717) is 13.0 Å². The largest absolute Gasteiger partial charge is 0.481 e. The van der Waals surface area contributed by atoms with Crippen molar-refractivity contribution in [2.24, 2.45) is 5.92 Å². The van der Waals surface area contributed by atoms with Crippen molar-refractivity contribution >= 4 is 23.3 Å². The molecule has 2 aliphatic rings. The highest BCUT2D eigenvalue weighted by atomic mass is 32.1. The van der Waals surface area contributed by atoms with Crippen LogP contribution < -0.4 is 5.32 Å². The number of carboxylic acid groups (broad SMARTS) is 1. The SMILES string of the molecule is CCc1ccc(CNC(=O)N2C3CCC2C(C(=O)O)C3)s1. The highest BCUT2D eigenvalue weighted by Crippen LogP contribution is 2.41. The second-order valence-electron chi connectivity index (χ2n) is 5.77. The molecule has 0 spiro atoms. The molecule has 5 nitrogen and oxygen atoms in total. The Labute approximate surface area is 128 Å². The van der Waals surface area contributed by atoms with Crippen LogP contribution in [0, 0.1) is 5.92 Å². The summed E-state index contributed by atoms with van der Waals surface area (Å²) in [7, 11) is 0. The van der Waals surface area contributed by atoms with Gasteiger partial charge in [0.2, 0.25) is 0 Å². The number of nitrogens with zero attached hydrogens (tertiary/aromatic N) is 1. The summed E-state index contributed by atoms with van der Waals surface area (Å²) in [6, 6.07) is 4.00. The van der Waals surface area contributed by atoms with E-state index in [4.69, 9.17) is 0 Å². The van der Waals surface area contributed by atoms with E-state index in [1.54, 1.807) is 16.2 Å². The predicted molar refractivity (Wildman–Crippen MR) is 80.3 cm³/mol. The van der Waals surface area contributed by atoms with E-state index in [9.17, 15) is 14.7 Å². The second kappa shape index (κ2) is 5.67. The van der Waals surface area contributed by atoms with Crippen LogP contribution in [0.5, 0.6) is 0 Å². The molecule has 2 fully saturated rings. The number of thiophene rings is 1. The molecule has 3 atom stereocenters. The van der Waals surface area contributed by atoms with Crippen molar-refractivity contribution in [3.63, 3.8) is 0 Å². The number of urea groups is 1. The molecule has 2 bridgehead atoms. The molecule has 1 aromatic rings. The average Bonchev–Trinajstić information content (AvgIpc) is 3.18. The van der Waals surface area contributed by atoms with E-state index in [0.717, 1.165) is 24.1 Å². The smallest absolute Gasteiger partial charge is 0.318 e. The van der Waals surface area contributed by atoms with Gasteiger partial charge >= 0.3 is 12.0 Å². The first-order valence-electron chi connectivity index (χ1n) is 7.46. The van der Waals surface area contributed by atoms with Crippen molar-refractivity contribution in [1.29, 1.82) is 0 Å². The van der Waals surface area contributed by atoms with E-state index < -0.39 is 5.97 Å². The zero-order valence-corrected chi connectivity index (χ0v) is 12.9. The van der Waals surface area contributed by atoms with Crippen molar-refractivity contribution in [3.8, 4) is 0 Å². The number of rotatable bonds is 4. The van der Waals surface area contributed by atoms with Crippen molar-refractivity contribution < 1.29 is 14.7 Å². The lowest BCUT2D eigenvalue weighted by molar-refractivity contribution is -0.142. The molecule has 3 heterocycles. The first-order chi connectivity index (χ1) is 10.1. The summed E-state index contributed by atoms with van der Waals surface area (Å²) < 4.78 is 0. The van der Waals surface area contributed by atoms with E-state index in [2.05, 4.69) is 18.3 Å². The Bertz CT molecular complexity index is 557. The van der Waals surface area contributed by atoms with Crippen molar-refractivity contribution in [2.45, 2.75) is 51.2 Å². The third kappa shape index (κ3) is 2.64. The number of aliphatic carboxylic acids is 1. The summed E-state index contributed by atoms with van der Waals surface area (Å²) in [5.74, 6) is -1.16. The number of carboxylic acids is 1. The maximum atomic E-state index is 12.4. The number of carbonyl (C=O) groups excluding carboxylic acids is 1. The van der Waals surface area contributed by atoms with E-state index in [-0.39, 0.29) is 24.0 Å². The van der Waals surface area contributed by atoms with Gasteiger partial charge in [-0.2, -0.15) is 0 Å². The summed E-state index contributed by atoms with van der Waals surface area (Å²) in [6.07, 6.45) is 3.36. The molecule has 2 amide bonds. The minimum absolute atomic E-state index is 0.102. The molecular weight excluding hydrogens is 288 g/mol.